The van der Waals surface area contributed by atoms with Gasteiger partial charge in [-0.1, -0.05) is 11.6 Å². The van der Waals surface area contributed by atoms with Gasteiger partial charge in [0, 0.05) is 12.7 Å². The minimum atomic E-state index is -0.720. The van der Waals surface area contributed by atoms with E-state index in [4.69, 9.17) is 26.5 Å². The van der Waals surface area contributed by atoms with Gasteiger partial charge in [-0.2, -0.15) is 0 Å². The molecule has 0 spiro atoms. The highest BCUT2D eigenvalue weighted by molar-refractivity contribution is 6.31. The predicted molar refractivity (Wildman–Crippen MR) is 60.3 cm³/mol. The van der Waals surface area contributed by atoms with Gasteiger partial charge in [0.15, 0.2) is 5.58 Å². The third kappa shape index (κ3) is 1.71. The molecule has 1 aliphatic heterocycles. The van der Waals surface area contributed by atoms with Crippen LogP contribution in [0.25, 0.3) is 11.1 Å². The standard InChI is InChI=1S/C11H10ClFN2O2/c12-6-3-8-9(4-7(6)13)17-10(15-8)11(14)1-2-16-5-11/h3-4H,1-2,5,14H2. The first kappa shape index (κ1) is 11.0. The molecule has 2 N–H and O–H groups in total. The maximum atomic E-state index is 13.3. The third-order valence-electron chi connectivity index (χ3n) is 2.91. The van der Waals surface area contributed by atoms with E-state index in [0.29, 0.717) is 36.6 Å². The number of hydrogen-bond acceptors (Lipinski definition) is 4. The van der Waals surface area contributed by atoms with Crippen LogP contribution < -0.4 is 5.73 Å². The van der Waals surface area contributed by atoms with E-state index >= 15 is 0 Å². The fraction of sp³-hybridized carbons (Fsp3) is 0.364. The fourth-order valence-electron chi connectivity index (χ4n) is 1.89. The van der Waals surface area contributed by atoms with Crippen molar-refractivity contribution in [3.63, 3.8) is 0 Å². The zero-order valence-corrected chi connectivity index (χ0v) is 9.63. The highest BCUT2D eigenvalue weighted by Gasteiger charge is 2.37. The molecule has 1 aromatic carbocycles. The van der Waals surface area contributed by atoms with Gasteiger partial charge in [-0.3, -0.25) is 0 Å². The molecule has 1 aromatic heterocycles. The van der Waals surface area contributed by atoms with Crippen LogP contribution in [0.2, 0.25) is 5.02 Å². The second-order valence-electron chi connectivity index (χ2n) is 4.21. The lowest BCUT2D eigenvalue weighted by Gasteiger charge is -2.16. The number of nitrogens with two attached hydrogens (primary N) is 1. The van der Waals surface area contributed by atoms with Gasteiger partial charge in [0.1, 0.15) is 16.9 Å². The Balaban J connectivity index is 2.13. The lowest BCUT2D eigenvalue weighted by atomic mass is 10.0. The highest BCUT2D eigenvalue weighted by atomic mass is 35.5. The predicted octanol–water partition coefficient (Wildman–Crippen LogP) is 2.19. The Labute approximate surface area is 102 Å². The first-order chi connectivity index (χ1) is 8.08. The van der Waals surface area contributed by atoms with Crippen LogP contribution in [0.4, 0.5) is 4.39 Å². The van der Waals surface area contributed by atoms with Gasteiger partial charge in [0.05, 0.1) is 11.6 Å². The van der Waals surface area contributed by atoms with E-state index in [1.165, 1.54) is 12.1 Å². The Morgan fingerprint density at radius 3 is 3.00 bits per heavy atom. The minimum Gasteiger partial charge on any atom is -0.438 e. The molecular formula is C11H10ClFN2O2. The van der Waals surface area contributed by atoms with E-state index in [1.54, 1.807) is 0 Å². The lowest BCUT2D eigenvalue weighted by molar-refractivity contribution is 0.170. The summed E-state index contributed by atoms with van der Waals surface area (Å²) in [6, 6.07) is 2.64. The molecule has 2 heterocycles. The molecule has 90 valence electrons. The Kier molecular flexibility index (Phi) is 2.36. The van der Waals surface area contributed by atoms with Crippen molar-refractivity contribution in [1.29, 1.82) is 0 Å². The zero-order chi connectivity index (χ0) is 12.0. The van der Waals surface area contributed by atoms with Gasteiger partial charge < -0.3 is 14.9 Å². The van der Waals surface area contributed by atoms with Crippen LogP contribution in [0.15, 0.2) is 16.5 Å². The van der Waals surface area contributed by atoms with Gasteiger partial charge >= 0.3 is 0 Å². The van der Waals surface area contributed by atoms with E-state index < -0.39 is 11.4 Å². The van der Waals surface area contributed by atoms with Crippen molar-refractivity contribution in [3.8, 4) is 0 Å². The normalized spacial score (nSPS) is 24.6. The Morgan fingerprint density at radius 2 is 2.29 bits per heavy atom. The monoisotopic (exact) mass is 256 g/mol. The first-order valence-corrected chi connectivity index (χ1v) is 5.59. The molecule has 17 heavy (non-hydrogen) atoms. The summed E-state index contributed by atoms with van der Waals surface area (Å²) in [5, 5.41) is 0.0195. The number of rotatable bonds is 1. The molecule has 1 fully saturated rings. The average Bonchev–Trinajstić information content (AvgIpc) is 2.87. The second kappa shape index (κ2) is 3.66. The van der Waals surface area contributed by atoms with Gasteiger partial charge in [0.2, 0.25) is 5.89 Å². The Hall–Kier alpha value is -1.17. The van der Waals surface area contributed by atoms with Crippen molar-refractivity contribution >= 4 is 22.7 Å². The molecule has 0 radical (unpaired) electrons. The highest BCUT2D eigenvalue weighted by Crippen LogP contribution is 2.31. The molecule has 1 unspecified atom stereocenters. The molecular weight excluding hydrogens is 247 g/mol. The summed E-state index contributed by atoms with van der Waals surface area (Å²) in [6.07, 6.45) is 0.635. The topological polar surface area (TPSA) is 61.3 Å². The summed E-state index contributed by atoms with van der Waals surface area (Å²) in [5.74, 6) is -0.165. The zero-order valence-electron chi connectivity index (χ0n) is 8.87. The van der Waals surface area contributed by atoms with Crippen LogP contribution in [-0.4, -0.2) is 18.2 Å². The Morgan fingerprint density at radius 1 is 1.47 bits per heavy atom. The summed E-state index contributed by atoms with van der Waals surface area (Å²) in [6.45, 7) is 0.931. The second-order valence-corrected chi connectivity index (χ2v) is 4.62. The fourth-order valence-corrected chi connectivity index (χ4v) is 2.04. The Bertz CT molecular complexity index is 539. The number of hydrogen-bond donors (Lipinski definition) is 1. The smallest absolute Gasteiger partial charge is 0.218 e. The van der Waals surface area contributed by atoms with Crippen LogP contribution in [0, 0.1) is 5.82 Å². The van der Waals surface area contributed by atoms with Crippen LogP contribution >= 0.6 is 11.6 Å². The van der Waals surface area contributed by atoms with Crippen molar-refractivity contribution in [2.45, 2.75) is 12.0 Å². The van der Waals surface area contributed by atoms with Crippen LogP contribution in [0.3, 0.4) is 0 Å². The quantitative estimate of drug-likeness (QED) is 0.850. The maximum Gasteiger partial charge on any atom is 0.218 e. The average molecular weight is 257 g/mol. The number of oxazole rings is 1. The summed E-state index contributed by atoms with van der Waals surface area (Å²) in [4.78, 5) is 4.25. The summed E-state index contributed by atoms with van der Waals surface area (Å²) >= 11 is 5.68. The van der Waals surface area contributed by atoms with Gasteiger partial charge in [-0.25, -0.2) is 9.37 Å². The first-order valence-electron chi connectivity index (χ1n) is 5.21. The van der Waals surface area contributed by atoms with Crippen molar-refractivity contribution in [2.75, 3.05) is 13.2 Å². The van der Waals surface area contributed by atoms with Crippen molar-refractivity contribution in [3.05, 3.63) is 28.9 Å². The molecule has 1 aliphatic rings. The van der Waals surface area contributed by atoms with Crippen LogP contribution in [-0.2, 0) is 10.3 Å². The van der Waals surface area contributed by atoms with E-state index in [2.05, 4.69) is 4.98 Å². The van der Waals surface area contributed by atoms with Crippen LogP contribution in [0.1, 0.15) is 12.3 Å². The molecule has 0 bridgehead atoms. The molecule has 3 rings (SSSR count). The van der Waals surface area contributed by atoms with Gasteiger partial charge in [-0.15, -0.1) is 0 Å². The number of halogens is 2. The van der Waals surface area contributed by atoms with Crippen molar-refractivity contribution in [2.24, 2.45) is 5.73 Å². The maximum absolute atomic E-state index is 13.3. The molecule has 6 heteroatoms. The third-order valence-corrected chi connectivity index (χ3v) is 3.20. The van der Waals surface area contributed by atoms with E-state index in [0.717, 1.165) is 0 Å². The number of fused-ring (bicyclic) bond motifs is 1. The summed E-state index contributed by atoms with van der Waals surface area (Å²) < 4.78 is 24.0. The molecule has 0 saturated carbocycles. The largest absolute Gasteiger partial charge is 0.438 e. The van der Waals surface area contributed by atoms with Crippen molar-refractivity contribution < 1.29 is 13.5 Å². The van der Waals surface area contributed by atoms with E-state index in [9.17, 15) is 4.39 Å². The number of nitrogens with zero attached hydrogens (tertiary/aromatic N) is 1. The van der Waals surface area contributed by atoms with Crippen molar-refractivity contribution in [1.82, 2.24) is 4.98 Å². The molecule has 2 aromatic rings. The molecule has 1 saturated heterocycles. The molecule has 0 aliphatic carbocycles. The van der Waals surface area contributed by atoms with Crippen LogP contribution in [0.5, 0.6) is 0 Å². The number of benzene rings is 1. The van der Waals surface area contributed by atoms with E-state index in [-0.39, 0.29) is 5.02 Å². The van der Waals surface area contributed by atoms with Gasteiger partial charge in [-0.05, 0) is 12.5 Å². The molecule has 0 amide bonds. The lowest BCUT2D eigenvalue weighted by Crippen LogP contribution is -2.37. The minimum absolute atomic E-state index is 0.0195. The summed E-state index contributed by atoms with van der Waals surface area (Å²) in [5.41, 5.74) is 6.24. The number of aromatic nitrogens is 1. The molecule has 4 nitrogen and oxygen atoms in total. The SMILES string of the molecule is NC1(c2nc3cc(Cl)c(F)cc3o2)CCOC1. The molecule has 1 atom stereocenters. The number of ether oxygens (including phenoxy) is 1. The van der Waals surface area contributed by atoms with Gasteiger partial charge in [0.25, 0.3) is 0 Å². The summed E-state index contributed by atoms with van der Waals surface area (Å²) in [7, 11) is 0. The van der Waals surface area contributed by atoms with E-state index in [1.807, 2.05) is 0 Å².